The molecule has 3 N–H and O–H groups in total. The van der Waals surface area contributed by atoms with Gasteiger partial charge in [-0.15, -0.1) is 0 Å². The van der Waals surface area contributed by atoms with Gasteiger partial charge in [-0.25, -0.2) is 9.18 Å². The Hall–Kier alpha value is -2.28. The van der Waals surface area contributed by atoms with E-state index in [4.69, 9.17) is 22.1 Å². The SMILES string of the molecule is CC(C)(C)OC(=O)NCCn1cc(-c2cc(N)c(Cl)cc2F)cn1. The third kappa shape index (κ3) is 4.86. The van der Waals surface area contributed by atoms with Crippen molar-refractivity contribution < 1.29 is 13.9 Å². The molecule has 0 radical (unpaired) electrons. The van der Waals surface area contributed by atoms with Gasteiger partial charge in [0.15, 0.2) is 0 Å². The summed E-state index contributed by atoms with van der Waals surface area (Å²) in [5.41, 5.74) is 6.36. The number of carbonyl (C=O) groups excluding carboxylic acids is 1. The Morgan fingerprint density at radius 2 is 2.17 bits per heavy atom. The van der Waals surface area contributed by atoms with Crippen LogP contribution in [0.2, 0.25) is 5.02 Å². The van der Waals surface area contributed by atoms with Gasteiger partial charge in [0.05, 0.1) is 23.5 Å². The number of hydrogen-bond acceptors (Lipinski definition) is 4. The number of amides is 1. The number of nitrogens with zero attached hydrogens (tertiary/aromatic N) is 2. The van der Waals surface area contributed by atoms with Crippen LogP contribution in [0.5, 0.6) is 0 Å². The fourth-order valence-electron chi connectivity index (χ4n) is 2.00. The smallest absolute Gasteiger partial charge is 0.407 e. The summed E-state index contributed by atoms with van der Waals surface area (Å²) in [6.45, 7) is 6.13. The molecule has 8 heteroatoms. The van der Waals surface area contributed by atoms with Crippen molar-refractivity contribution >= 4 is 23.4 Å². The lowest BCUT2D eigenvalue weighted by Crippen LogP contribution is -2.34. The predicted molar refractivity (Wildman–Crippen MR) is 91.3 cm³/mol. The summed E-state index contributed by atoms with van der Waals surface area (Å²) in [6, 6.07) is 2.64. The summed E-state index contributed by atoms with van der Waals surface area (Å²) in [6.07, 6.45) is 2.70. The van der Waals surface area contributed by atoms with Gasteiger partial charge in [-0.1, -0.05) is 11.6 Å². The van der Waals surface area contributed by atoms with Crippen LogP contribution >= 0.6 is 11.6 Å². The van der Waals surface area contributed by atoms with E-state index >= 15 is 0 Å². The van der Waals surface area contributed by atoms with Gasteiger partial charge in [0.2, 0.25) is 0 Å². The Morgan fingerprint density at radius 3 is 2.83 bits per heavy atom. The quantitative estimate of drug-likeness (QED) is 0.824. The average Bonchev–Trinajstić information content (AvgIpc) is 2.89. The summed E-state index contributed by atoms with van der Waals surface area (Å²) < 4.78 is 20.7. The maximum Gasteiger partial charge on any atom is 0.407 e. The number of nitrogens with one attached hydrogen (secondary N) is 1. The average molecular weight is 355 g/mol. The summed E-state index contributed by atoms with van der Waals surface area (Å²) in [5.74, 6) is -0.472. The number of anilines is 1. The zero-order valence-corrected chi connectivity index (χ0v) is 14.5. The molecule has 1 heterocycles. The number of rotatable bonds is 4. The minimum atomic E-state index is -0.547. The van der Waals surface area contributed by atoms with E-state index in [1.807, 2.05) is 0 Å². The Bertz CT molecular complexity index is 740. The van der Waals surface area contributed by atoms with Gasteiger partial charge in [0.1, 0.15) is 11.4 Å². The van der Waals surface area contributed by atoms with E-state index in [9.17, 15) is 9.18 Å². The van der Waals surface area contributed by atoms with Crippen LogP contribution in [0.25, 0.3) is 11.1 Å². The molecule has 130 valence electrons. The molecule has 0 unspecified atom stereocenters. The molecule has 0 aliphatic rings. The van der Waals surface area contributed by atoms with Crippen LogP contribution in [0.4, 0.5) is 14.9 Å². The van der Waals surface area contributed by atoms with Crippen LogP contribution in [-0.4, -0.2) is 28.0 Å². The highest BCUT2D eigenvalue weighted by atomic mass is 35.5. The fourth-order valence-corrected chi connectivity index (χ4v) is 2.15. The Labute approximate surface area is 144 Å². The normalized spacial score (nSPS) is 11.4. The number of carbonyl (C=O) groups is 1. The number of benzene rings is 1. The molecule has 0 atom stereocenters. The van der Waals surface area contributed by atoms with E-state index in [0.717, 1.165) is 0 Å². The van der Waals surface area contributed by atoms with Crippen molar-refractivity contribution in [3.63, 3.8) is 0 Å². The van der Waals surface area contributed by atoms with Crippen molar-refractivity contribution in [3.05, 3.63) is 35.4 Å². The number of hydrogen-bond donors (Lipinski definition) is 2. The standard InChI is InChI=1S/C16H20ClFN4O2/c1-16(2,3)24-15(23)20-4-5-22-9-10(8-21-22)11-6-14(19)12(17)7-13(11)18/h6-9H,4-5,19H2,1-3H3,(H,20,23). The molecule has 6 nitrogen and oxygen atoms in total. The fraction of sp³-hybridized carbons (Fsp3) is 0.375. The molecule has 24 heavy (non-hydrogen) atoms. The highest BCUT2D eigenvalue weighted by molar-refractivity contribution is 6.33. The molecule has 2 aromatic rings. The highest BCUT2D eigenvalue weighted by Gasteiger charge is 2.15. The van der Waals surface area contributed by atoms with Gasteiger partial charge in [0, 0.05) is 23.9 Å². The molecule has 0 bridgehead atoms. The predicted octanol–water partition coefficient (Wildman–Crippen LogP) is 3.45. The van der Waals surface area contributed by atoms with Crippen LogP contribution in [0.15, 0.2) is 24.5 Å². The lowest BCUT2D eigenvalue weighted by Gasteiger charge is -2.19. The minimum Gasteiger partial charge on any atom is -0.444 e. The Balaban J connectivity index is 1.97. The molecule has 0 saturated heterocycles. The Kier molecular flexibility index (Phi) is 5.33. The maximum absolute atomic E-state index is 14.0. The van der Waals surface area contributed by atoms with Gasteiger partial charge in [0.25, 0.3) is 0 Å². The molecular formula is C16H20ClFN4O2. The largest absolute Gasteiger partial charge is 0.444 e. The molecular weight excluding hydrogens is 335 g/mol. The zero-order chi connectivity index (χ0) is 17.9. The molecule has 0 fully saturated rings. The van der Waals surface area contributed by atoms with Crippen molar-refractivity contribution in [1.29, 1.82) is 0 Å². The van der Waals surface area contributed by atoms with Gasteiger partial charge in [-0.3, -0.25) is 4.68 Å². The van der Waals surface area contributed by atoms with Gasteiger partial charge in [-0.2, -0.15) is 5.10 Å². The molecule has 1 aromatic carbocycles. The minimum absolute atomic E-state index is 0.171. The molecule has 0 saturated carbocycles. The van der Waals surface area contributed by atoms with Crippen LogP contribution in [0, 0.1) is 5.82 Å². The van der Waals surface area contributed by atoms with Crippen LogP contribution in [0.3, 0.4) is 0 Å². The lowest BCUT2D eigenvalue weighted by atomic mass is 10.1. The first-order chi connectivity index (χ1) is 11.2. The monoisotopic (exact) mass is 354 g/mol. The van der Waals surface area contributed by atoms with Crippen molar-refractivity contribution in [1.82, 2.24) is 15.1 Å². The second-order valence-corrected chi connectivity index (χ2v) is 6.68. The van der Waals surface area contributed by atoms with E-state index in [0.29, 0.717) is 29.9 Å². The number of alkyl carbamates (subject to hydrolysis) is 1. The number of nitrogen functional groups attached to an aromatic ring is 1. The first-order valence-corrected chi connectivity index (χ1v) is 7.78. The lowest BCUT2D eigenvalue weighted by molar-refractivity contribution is 0.0525. The van der Waals surface area contributed by atoms with Crippen LogP contribution < -0.4 is 11.1 Å². The maximum atomic E-state index is 14.0. The van der Waals surface area contributed by atoms with E-state index in [2.05, 4.69) is 10.4 Å². The van der Waals surface area contributed by atoms with Crippen LogP contribution in [0.1, 0.15) is 20.8 Å². The number of nitrogens with two attached hydrogens (primary N) is 1. The van der Waals surface area contributed by atoms with Gasteiger partial charge in [-0.05, 0) is 32.9 Å². The highest BCUT2D eigenvalue weighted by Crippen LogP contribution is 2.29. The summed E-state index contributed by atoms with van der Waals surface area (Å²) >= 11 is 5.78. The summed E-state index contributed by atoms with van der Waals surface area (Å²) in [7, 11) is 0. The third-order valence-electron chi connectivity index (χ3n) is 3.04. The molecule has 1 amide bonds. The Morgan fingerprint density at radius 1 is 1.46 bits per heavy atom. The second-order valence-electron chi connectivity index (χ2n) is 6.27. The van der Waals surface area contributed by atoms with Crippen molar-refractivity contribution in [2.75, 3.05) is 12.3 Å². The second kappa shape index (κ2) is 7.09. The topological polar surface area (TPSA) is 82.2 Å². The first-order valence-electron chi connectivity index (χ1n) is 7.40. The van der Waals surface area contributed by atoms with Crippen LogP contribution in [-0.2, 0) is 11.3 Å². The van der Waals surface area contributed by atoms with E-state index in [-0.39, 0.29) is 5.02 Å². The van der Waals surface area contributed by atoms with Crippen molar-refractivity contribution in [2.45, 2.75) is 32.9 Å². The molecule has 0 spiro atoms. The number of halogens is 2. The number of aromatic nitrogens is 2. The van der Waals surface area contributed by atoms with Crippen molar-refractivity contribution in [3.8, 4) is 11.1 Å². The molecule has 2 rings (SSSR count). The van der Waals surface area contributed by atoms with E-state index in [1.165, 1.54) is 18.3 Å². The van der Waals surface area contributed by atoms with E-state index < -0.39 is 17.5 Å². The number of ether oxygens (including phenoxy) is 1. The molecule has 1 aromatic heterocycles. The summed E-state index contributed by atoms with van der Waals surface area (Å²) in [5, 5.41) is 6.94. The summed E-state index contributed by atoms with van der Waals surface area (Å²) in [4.78, 5) is 11.6. The van der Waals surface area contributed by atoms with Gasteiger partial charge < -0.3 is 15.8 Å². The van der Waals surface area contributed by atoms with Crippen molar-refractivity contribution in [2.24, 2.45) is 0 Å². The third-order valence-corrected chi connectivity index (χ3v) is 3.37. The zero-order valence-electron chi connectivity index (χ0n) is 13.8. The van der Waals surface area contributed by atoms with Gasteiger partial charge >= 0.3 is 6.09 Å². The van der Waals surface area contributed by atoms with E-state index in [1.54, 1.807) is 31.6 Å². The first kappa shape index (κ1) is 18.1. The molecule has 0 aliphatic heterocycles. The molecule has 0 aliphatic carbocycles.